The Labute approximate surface area is 124 Å². The van der Waals surface area contributed by atoms with Crippen LogP contribution in [-0.2, 0) is 0 Å². The van der Waals surface area contributed by atoms with E-state index in [4.69, 9.17) is 16.0 Å². The Morgan fingerprint density at radius 3 is 2.29 bits per heavy atom. The van der Waals surface area contributed by atoms with E-state index >= 15 is 0 Å². The maximum absolute atomic E-state index is 10.0. The van der Waals surface area contributed by atoms with E-state index in [0.29, 0.717) is 0 Å². The summed E-state index contributed by atoms with van der Waals surface area (Å²) in [7, 11) is 0. The first-order valence-electron chi connectivity index (χ1n) is 6.10. The maximum Gasteiger partial charge on any atom is 0.292 e. The Morgan fingerprint density at radius 2 is 1.90 bits per heavy atom. The molecule has 1 heterocycles. The normalized spacial score (nSPS) is 10.5. The van der Waals surface area contributed by atoms with Crippen LogP contribution < -0.4 is 0 Å². The van der Waals surface area contributed by atoms with Crippen LogP contribution in [0, 0.1) is 20.6 Å². The van der Waals surface area contributed by atoms with Crippen molar-refractivity contribution < 1.29 is 9.34 Å². The van der Waals surface area contributed by atoms with Gasteiger partial charge in [0, 0.05) is 11.6 Å². The van der Waals surface area contributed by atoms with Crippen LogP contribution in [0.25, 0.3) is 11.3 Å². The summed E-state index contributed by atoms with van der Waals surface area (Å²) >= 11 is 5.53. The van der Waals surface area contributed by atoms with Crippen molar-refractivity contribution in [3.8, 4) is 11.3 Å². The highest BCUT2D eigenvalue weighted by molar-refractivity contribution is 6.27. The van der Waals surface area contributed by atoms with Crippen LogP contribution in [0.2, 0.25) is 5.35 Å². The minimum absolute atomic E-state index is 0.175. The van der Waals surface area contributed by atoms with E-state index in [1.165, 1.54) is 6.26 Å². The lowest BCUT2D eigenvalue weighted by Gasteiger charge is -2.01. The maximum atomic E-state index is 10.0. The van der Waals surface area contributed by atoms with Gasteiger partial charge in [-0.15, -0.1) is 0 Å². The minimum atomic E-state index is -0.359. The third kappa shape index (κ3) is 2.64. The number of benzene rings is 2. The summed E-state index contributed by atoms with van der Waals surface area (Å²) in [6.45, 7) is 0. The highest BCUT2D eigenvalue weighted by Crippen LogP contribution is 2.23. The number of rotatable bonds is 2. The molecule has 6 heteroatoms. The molecule has 0 fully saturated rings. The van der Waals surface area contributed by atoms with Crippen molar-refractivity contribution in [2.45, 2.75) is 0 Å². The number of non-ortho nitro benzene ring substituents is 1. The number of aromatic nitrogens is 1. The first-order valence-corrected chi connectivity index (χ1v) is 6.48. The lowest BCUT2D eigenvalue weighted by atomic mass is 10.1. The Morgan fingerprint density at radius 1 is 1.14 bits per heavy atom. The Bertz CT molecular complexity index is 891. The molecular formula is C15H9ClN2O3. The number of nitrogens with zero attached hydrogens (tertiary/aromatic N) is 2. The van der Waals surface area contributed by atoms with E-state index in [1.54, 1.807) is 12.1 Å². The van der Waals surface area contributed by atoms with E-state index in [-0.39, 0.29) is 16.0 Å². The molecule has 0 atom stereocenters. The molecule has 1 aromatic carbocycles. The van der Waals surface area contributed by atoms with Gasteiger partial charge in [-0.05, 0) is 22.9 Å². The molecule has 0 spiro atoms. The number of hydrogen-bond acceptors (Lipinski definition) is 4. The van der Waals surface area contributed by atoms with Gasteiger partial charge in [0.05, 0.1) is 10.1 Å². The van der Waals surface area contributed by atoms with Crippen LogP contribution in [0.3, 0.4) is 0 Å². The first-order chi connectivity index (χ1) is 10.1. The van der Waals surface area contributed by atoms with Gasteiger partial charge in [0.25, 0.3) is 11.0 Å². The molecule has 104 valence electrons. The second-order valence-electron chi connectivity index (χ2n) is 4.34. The largest absolute Gasteiger partial charge is 0.436 e. The van der Waals surface area contributed by atoms with Gasteiger partial charge in [-0.2, -0.15) is 4.98 Å². The standard InChI is InChI=1S/C9H6ClNO.C6H3NO2/c10-9-11-8(6-12-9)7-4-2-1-3-5-7;8-7(9)6-3-4-1-2-5(4)6/h1-6H;1-3H. The fraction of sp³-hybridized carbons (Fsp3) is 0. The summed E-state index contributed by atoms with van der Waals surface area (Å²) in [4.78, 5) is 13.7. The van der Waals surface area contributed by atoms with E-state index < -0.39 is 0 Å². The van der Waals surface area contributed by atoms with Gasteiger partial charge >= 0.3 is 0 Å². The zero-order chi connectivity index (χ0) is 14.8. The van der Waals surface area contributed by atoms with Crippen LogP contribution in [0.15, 0.2) is 59.2 Å². The summed E-state index contributed by atoms with van der Waals surface area (Å²) in [6, 6.07) is 14.9. The fourth-order valence-electron chi connectivity index (χ4n) is 1.91. The van der Waals surface area contributed by atoms with Crippen LogP contribution >= 0.6 is 11.6 Å². The summed E-state index contributed by atoms with van der Waals surface area (Å²) < 4.78 is 4.87. The highest BCUT2D eigenvalue weighted by Gasteiger charge is 2.15. The van der Waals surface area contributed by atoms with E-state index in [9.17, 15) is 10.1 Å². The van der Waals surface area contributed by atoms with Crippen molar-refractivity contribution >= 4 is 17.3 Å². The van der Waals surface area contributed by atoms with Crippen molar-refractivity contribution in [3.05, 3.63) is 80.7 Å². The van der Waals surface area contributed by atoms with Crippen LogP contribution in [-0.4, -0.2) is 9.91 Å². The lowest BCUT2D eigenvalue weighted by molar-refractivity contribution is -0.386. The van der Waals surface area contributed by atoms with Crippen molar-refractivity contribution in [1.29, 1.82) is 0 Å². The molecule has 2 aromatic rings. The SMILES string of the molecule is Clc1nc(-c2ccccc2)co1.O=[N+]([O-])c1cc2ccc1=2. The molecule has 0 bridgehead atoms. The molecule has 1 aromatic heterocycles. The van der Waals surface area contributed by atoms with Gasteiger partial charge in [0.2, 0.25) is 0 Å². The smallest absolute Gasteiger partial charge is 0.292 e. The van der Waals surface area contributed by atoms with Crippen molar-refractivity contribution in [3.63, 3.8) is 0 Å². The molecule has 4 rings (SSSR count). The highest BCUT2D eigenvalue weighted by atomic mass is 35.5. The van der Waals surface area contributed by atoms with Gasteiger partial charge in [-0.1, -0.05) is 36.4 Å². The van der Waals surface area contributed by atoms with E-state index in [0.717, 1.165) is 21.7 Å². The molecule has 0 saturated heterocycles. The number of nitro groups is 1. The van der Waals surface area contributed by atoms with Gasteiger partial charge < -0.3 is 4.42 Å². The number of halogens is 1. The van der Waals surface area contributed by atoms with Crippen LogP contribution in [0.4, 0.5) is 5.69 Å². The third-order valence-corrected chi connectivity index (χ3v) is 3.22. The van der Waals surface area contributed by atoms with Gasteiger partial charge in [0.1, 0.15) is 12.0 Å². The van der Waals surface area contributed by atoms with Crippen LogP contribution in [0.5, 0.6) is 0 Å². The molecule has 0 saturated carbocycles. The zero-order valence-electron chi connectivity index (χ0n) is 10.7. The minimum Gasteiger partial charge on any atom is -0.436 e. The predicted molar refractivity (Wildman–Crippen MR) is 77.7 cm³/mol. The quantitative estimate of drug-likeness (QED) is 0.411. The lowest BCUT2D eigenvalue weighted by Crippen LogP contribution is -1.96. The molecular weight excluding hydrogens is 292 g/mol. The second-order valence-corrected chi connectivity index (χ2v) is 4.66. The molecule has 0 aliphatic heterocycles. The molecule has 0 unspecified atom stereocenters. The Hall–Kier alpha value is -2.66. The third-order valence-electron chi connectivity index (χ3n) is 3.05. The van der Waals surface area contributed by atoms with E-state index in [2.05, 4.69) is 4.98 Å². The molecule has 2 aliphatic carbocycles. The summed E-state index contributed by atoms with van der Waals surface area (Å²) in [6.07, 6.45) is 1.54. The Balaban J connectivity index is 0.000000131. The number of oxazole rings is 1. The molecule has 0 amide bonds. The average molecular weight is 301 g/mol. The summed E-state index contributed by atoms with van der Waals surface area (Å²) in [5, 5.41) is 12.0. The predicted octanol–water partition coefficient (Wildman–Crippen LogP) is 4.19. The second kappa shape index (κ2) is 5.38. The topological polar surface area (TPSA) is 69.2 Å². The van der Waals surface area contributed by atoms with Crippen molar-refractivity contribution in [2.24, 2.45) is 0 Å². The zero-order valence-corrected chi connectivity index (χ0v) is 11.4. The van der Waals surface area contributed by atoms with E-state index in [1.807, 2.05) is 36.4 Å². The average Bonchev–Trinajstić information content (AvgIpc) is 2.90. The molecule has 5 nitrogen and oxygen atoms in total. The summed E-state index contributed by atoms with van der Waals surface area (Å²) in [5.41, 5.74) is 2.03. The molecule has 2 aliphatic rings. The molecule has 21 heavy (non-hydrogen) atoms. The van der Waals surface area contributed by atoms with Crippen LogP contribution in [0.1, 0.15) is 0 Å². The van der Waals surface area contributed by atoms with Crippen molar-refractivity contribution in [2.75, 3.05) is 0 Å². The van der Waals surface area contributed by atoms with Crippen molar-refractivity contribution in [1.82, 2.24) is 4.98 Å². The Kier molecular flexibility index (Phi) is 3.41. The summed E-state index contributed by atoms with van der Waals surface area (Å²) in [5.74, 6) is 0. The van der Waals surface area contributed by atoms with Gasteiger partial charge in [-0.25, -0.2) is 0 Å². The first kappa shape index (κ1) is 13.3. The number of hydrogen-bond donors (Lipinski definition) is 0. The monoisotopic (exact) mass is 300 g/mol. The molecule has 0 N–H and O–H groups in total. The molecule has 0 radical (unpaired) electrons. The van der Waals surface area contributed by atoms with Gasteiger partial charge in [-0.3, -0.25) is 10.1 Å². The van der Waals surface area contributed by atoms with Gasteiger partial charge in [0.15, 0.2) is 0 Å². The fourth-order valence-corrected chi connectivity index (χ4v) is 2.05. The number of nitro benzene ring substituents is 1.